The van der Waals surface area contributed by atoms with Crippen molar-refractivity contribution in [2.24, 2.45) is 0 Å². The molecule has 2 amide bonds. The molecular weight excluding hydrogens is 527 g/mol. The van der Waals surface area contributed by atoms with E-state index in [9.17, 15) is 22.8 Å². The van der Waals surface area contributed by atoms with Crippen LogP contribution in [0.2, 0.25) is 0 Å². The van der Waals surface area contributed by atoms with E-state index in [4.69, 9.17) is 15.4 Å². The molecule has 10 nitrogen and oxygen atoms in total. The number of amides is 2. The number of carbonyl (C=O) groups excluding carboxylic acids is 2. The molecule has 40 heavy (non-hydrogen) atoms. The number of carbonyl (C=O) groups is 2. The van der Waals surface area contributed by atoms with Crippen LogP contribution in [0.3, 0.4) is 0 Å². The van der Waals surface area contributed by atoms with E-state index >= 15 is 0 Å². The summed E-state index contributed by atoms with van der Waals surface area (Å²) in [5, 5.41) is 27.0. The van der Waals surface area contributed by atoms with E-state index < -0.39 is 30.1 Å². The zero-order chi connectivity index (χ0) is 28.5. The van der Waals surface area contributed by atoms with Gasteiger partial charge in [0, 0.05) is 24.9 Å². The van der Waals surface area contributed by atoms with Gasteiger partial charge in [-0.1, -0.05) is 12.1 Å². The molecule has 0 radical (unpaired) electrons. The minimum absolute atomic E-state index is 0.00852. The van der Waals surface area contributed by atoms with Gasteiger partial charge in [0.1, 0.15) is 17.5 Å². The summed E-state index contributed by atoms with van der Waals surface area (Å²) in [5.41, 5.74) is 0.816. The van der Waals surface area contributed by atoms with Crippen molar-refractivity contribution in [3.63, 3.8) is 0 Å². The summed E-state index contributed by atoms with van der Waals surface area (Å²) in [6, 6.07) is 11.0. The topological polar surface area (TPSA) is 146 Å². The SMILES string of the molecule is N#Cc1ccc(-n2nc3c(c2C(=O)NC2(C=N)CC2)C(=O)NC(CCc2cccc(OCC(F)(F)F)c2)C3)nc1. The summed E-state index contributed by atoms with van der Waals surface area (Å²) in [4.78, 5) is 30.9. The van der Waals surface area contributed by atoms with Gasteiger partial charge in [-0.3, -0.25) is 9.59 Å². The largest absolute Gasteiger partial charge is 0.484 e. The number of aryl methyl sites for hydroxylation is 1. The Bertz CT molecular complexity index is 1500. The van der Waals surface area contributed by atoms with Crippen molar-refractivity contribution >= 4 is 18.0 Å². The Labute approximate surface area is 226 Å². The average Bonchev–Trinajstić information content (AvgIpc) is 3.60. The van der Waals surface area contributed by atoms with Crippen LogP contribution < -0.4 is 15.4 Å². The number of nitrogens with zero attached hydrogens (tertiary/aromatic N) is 4. The Morgan fingerprint density at radius 2 is 2.12 bits per heavy atom. The molecule has 1 unspecified atom stereocenters. The highest BCUT2D eigenvalue weighted by Crippen LogP contribution is 2.34. The molecule has 1 fully saturated rings. The molecule has 206 valence electrons. The predicted octanol–water partition coefficient (Wildman–Crippen LogP) is 3.28. The molecule has 1 atom stereocenters. The van der Waals surface area contributed by atoms with Crippen LogP contribution in [-0.4, -0.2) is 57.2 Å². The van der Waals surface area contributed by atoms with Gasteiger partial charge < -0.3 is 20.8 Å². The second-order valence-corrected chi connectivity index (χ2v) is 9.82. The second kappa shape index (κ2) is 10.4. The normalized spacial score (nSPS) is 17.2. The van der Waals surface area contributed by atoms with Crippen molar-refractivity contribution in [1.29, 1.82) is 10.7 Å². The molecule has 3 heterocycles. The fourth-order valence-corrected chi connectivity index (χ4v) is 4.54. The van der Waals surface area contributed by atoms with Gasteiger partial charge in [-0.25, -0.2) is 9.67 Å². The molecule has 3 N–H and O–H groups in total. The number of pyridine rings is 1. The molecule has 3 aromatic rings. The fourth-order valence-electron chi connectivity index (χ4n) is 4.54. The molecule has 0 bridgehead atoms. The van der Waals surface area contributed by atoms with Crippen LogP contribution in [0.5, 0.6) is 5.75 Å². The van der Waals surface area contributed by atoms with Crippen LogP contribution in [0.1, 0.15) is 56.9 Å². The number of halogens is 3. The highest BCUT2D eigenvalue weighted by atomic mass is 19.4. The van der Waals surface area contributed by atoms with Gasteiger partial charge in [-0.15, -0.1) is 0 Å². The lowest BCUT2D eigenvalue weighted by molar-refractivity contribution is -0.153. The summed E-state index contributed by atoms with van der Waals surface area (Å²) >= 11 is 0. The number of nitriles is 1. The maximum Gasteiger partial charge on any atom is 0.422 e. The summed E-state index contributed by atoms with van der Waals surface area (Å²) in [6.07, 6.45) is 0.542. The molecule has 1 aliphatic carbocycles. The first-order valence-electron chi connectivity index (χ1n) is 12.5. The number of alkyl halides is 3. The third-order valence-corrected chi connectivity index (χ3v) is 6.78. The summed E-state index contributed by atoms with van der Waals surface area (Å²) < 4.78 is 43.6. The van der Waals surface area contributed by atoms with E-state index in [-0.39, 0.29) is 28.9 Å². The lowest BCUT2D eigenvalue weighted by Gasteiger charge is -2.23. The first kappa shape index (κ1) is 26.9. The van der Waals surface area contributed by atoms with E-state index in [2.05, 4.69) is 20.7 Å². The van der Waals surface area contributed by atoms with Crippen LogP contribution in [0, 0.1) is 16.7 Å². The number of benzene rings is 1. The van der Waals surface area contributed by atoms with Crippen LogP contribution >= 0.6 is 0 Å². The third kappa shape index (κ3) is 5.80. The second-order valence-electron chi connectivity index (χ2n) is 9.82. The molecule has 2 aromatic heterocycles. The van der Waals surface area contributed by atoms with E-state index in [1.807, 2.05) is 6.07 Å². The Morgan fingerprint density at radius 3 is 2.77 bits per heavy atom. The van der Waals surface area contributed by atoms with Crippen molar-refractivity contribution in [2.75, 3.05) is 6.61 Å². The monoisotopic (exact) mass is 551 g/mol. The minimum Gasteiger partial charge on any atom is -0.484 e. The Balaban J connectivity index is 1.37. The van der Waals surface area contributed by atoms with Crippen molar-refractivity contribution in [3.8, 4) is 17.6 Å². The predicted molar refractivity (Wildman–Crippen MR) is 136 cm³/mol. The molecule has 0 spiro atoms. The lowest BCUT2D eigenvalue weighted by Crippen LogP contribution is -2.44. The average molecular weight is 552 g/mol. The molecule has 13 heteroatoms. The van der Waals surface area contributed by atoms with Crippen LogP contribution in [0.15, 0.2) is 42.6 Å². The van der Waals surface area contributed by atoms with Gasteiger partial charge in [0.05, 0.1) is 22.4 Å². The summed E-state index contributed by atoms with van der Waals surface area (Å²) in [5.74, 6) is -0.700. The zero-order valence-corrected chi connectivity index (χ0v) is 21.1. The zero-order valence-electron chi connectivity index (χ0n) is 21.1. The maximum absolute atomic E-state index is 13.4. The number of hydrogen-bond donors (Lipinski definition) is 3. The van der Waals surface area contributed by atoms with Crippen molar-refractivity contribution < 1.29 is 27.5 Å². The highest BCUT2D eigenvalue weighted by molar-refractivity contribution is 6.09. The van der Waals surface area contributed by atoms with Crippen molar-refractivity contribution in [2.45, 2.75) is 49.9 Å². The number of nitrogens with one attached hydrogen (secondary N) is 3. The number of fused-ring (bicyclic) bond motifs is 1. The highest BCUT2D eigenvalue weighted by Gasteiger charge is 2.44. The molecule has 1 aromatic carbocycles. The summed E-state index contributed by atoms with van der Waals surface area (Å²) in [7, 11) is 0. The van der Waals surface area contributed by atoms with Crippen LogP contribution in [-0.2, 0) is 12.8 Å². The van der Waals surface area contributed by atoms with Crippen molar-refractivity contribution in [1.82, 2.24) is 25.4 Å². The fraction of sp³-hybridized carbons (Fsp3) is 0.333. The molecule has 0 saturated heterocycles. The molecule has 1 saturated carbocycles. The van der Waals surface area contributed by atoms with Crippen molar-refractivity contribution in [3.05, 3.63) is 70.7 Å². The third-order valence-electron chi connectivity index (χ3n) is 6.78. The Morgan fingerprint density at radius 1 is 1.32 bits per heavy atom. The van der Waals surface area contributed by atoms with Gasteiger partial charge in [0.25, 0.3) is 11.8 Å². The minimum atomic E-state index is -4.44. The molecular formula is C27H24F3N7O3. The first-order valence-corrected chi connectivity index (χ1v) is 12.5. The summed E-state index contributed by atoms with van der Waals surface area (Å²) in [6.45, 7) is -1.38. The van der Waals surface area contributed by atoms with E-state index in [0.29, 0.717) is 43.4 Å². The number of rotatable bonds is 9. The first-order chi connectivity index (χ1) is 19.1. The van der Waals surface area contributed by atoms with Crippen LogP contribution in [0.25, 0.3) is 5.82 Å². The number of ether oxygens (including phenoxy) is 1. The van der Waals surface area contributed by atoms with Crippen LogP contribution in [0.4, 0.5) is 13.2 Å². The van der Waals surface area contributed by atoms with Gasteiger partial charge >= 0.3 is 6.18 Å². The van der Waals surface area contributed by atoms with Gasteiger partial charge in [-0.05, 0) is 55.5 Å². The number of aromatic nitrogens is 3. The van der Waals surface area contributed by atoms with Gasteiger partial charge in [0.15, 0.2) is 12.4 Å². The quantitative estimate of drug-likeness (QED) is 0.348. The molecule has 1 aliphatic heterocycles. The number of hydrogen-bond acceptors (Lipinski definition) is 7. The standard InChI is InChI=1S/C27H24F3N7O3/c28-27(29,30)15-40-19-3-1-2-16(10-19)4-6-18-11-20-22(24(38)34-18)23(25(39)35-26(14-32)8-9-26)37(36-20)21-7-5-17(12-31)13-33-21/h1-3,5,7,10,13-14,18,32H,4,6,8-9,11,15H2,(H,34,38)(H,35,39). The maximum atomic E-state index is 13.4. The van der Waals surface area contributed by atoms with Gasteiger partial charge in [0.2, 0.25) is 0 Å². The molecule has 2 aliphatic rings. The molecule has 5 rings (SSSR count). The van der Waals surface area contributed by atoms with E-state index in [1.54, 1.807) is 12.1 Å². The lowest BCUT2D eigenvalue weighted by atomic mass is 9.95. The van der Waals surface area contributed by atoms with Gasteiger partial charge in [-0.2, -0.15) is 23.5 Å². The van der Waals surface area contributed by atoms with E-state index in [1.165, 1.54) is 41.4 Å². The Hall–Kier alpha value is -4.73. The van der Waals surface area contributed by atoms with E-state index in [0.717, 1.165) is 5.56 Å². The smallest absolute Gasteiger partial charge is 0.422 e. The Kier molecular flexibility index (Phi) is 7.01.